The molecule has 0 saturated heterocycles. The van der Waals surface area contributed by atoms with E-state index in [2.05, 4.69) is 37.0 Å². The maximum atomic E-state index is 12.7. The van der Waals surface area contributed by atoms with Crippen molar-refractivity contribution in [3.63, 3.8) is 0 Å². The summed E-state index contributed by atoms with van der Waals surface area (Å²) in [5.74, 6) is 0.876. The highest BCUT2D eigenvalue weighted by molar-refractivity contribution is 5.86. The molecule has 2 aromatic carbocycles. The molecule has 0 fully saturated rings. The van der Waals surface area contributed by atoms with Gasteiger partial charge in [0.15, 0.2) is 6.61 Å². The van der Waals surface area contributed by atoms with E-state index in [1.807, 2.05) is 29.2 Å². The molecule has 4 rings (SSSR count). The summed E-state index contributed by atoms with van der Waals surface area (Å²) in [6.45, 7) is 5.79. The van der Waals surface area contributed by atoms with E-state index >= 15 is 0 Å². The zero-order valence-corrected chi connectivity index (χ0v) is 16.0. The van der Waals surface area contributed by atoms with E-state index in [0.29, 0.717) is 0 Å². The molecular weight excluding hydrogens is 336 g/mol. The molecule has 2 heterocycles. The number of ether oxygens (including phenoxy) is 1. The number of carbonyl (C=O) groups excluding carboxylic acids is 1. The molecule has 0 unspecified atom stereocenters. The number of hydrogen-bond donors (Lipinski definition) is 1. The predicted octanol–water partition coefficient (Wildman–Crippen LogP) is 4.04. The lowest BCUT2D eigenvalue weighted by Crippen LogP contribution is -2.36. The Balaban J connectivity index is 1.43. The SMILES string of the molecule is CCc1ccccc1OCC(=O)N1CCc2[nH]c3ccc(C)cc3c2CC1. The van der Waals surface area contributed by atoms with Crippen LogP contribution in [0.3, 0.4) is 0 Å². The van der Waals surface area contributed by atoms with Gasteiger partial charge in [-0.1, -0.05) is 36.8 Å². The first-order chi connectivity index (χ1) is 13.2. The molecule has 1 aliphatic rings. The van der Waals surface area contributed by atoms with Crippen LogP contribution in [0.25, 0.3) is 10.9 Å². The molecule has 27 heavy (non-hydrogen) atoms. The van der Waals surface area contributed by atoms with Gasteiger partial charge in [-0.25, -0.2) is 0 Å². The zero-order valence-electron chi connectivity index (χ0n) is 16.0. The highest BCUT2D eigenvalue weighted by atomic mass is 16.5. The monoisotopic (exact) mass is 362 g/mol. The Labute approximate surface area is 160 Å². The summed E-state index contributed by atoms with van der Waals surface area (Å²) < 4.78 is 5.83. The normalized spacial score (nSPS) is 14.1. The van der Waals surface area contributed by atoms with Crippen LogP contribution in [0, 0.1) is 6.92 Å². The van der Waals surface area contributed by atoms with Crippen LogP contribution in [0.15, 0.2) is 42.5 Å². The fraction of sp³-hybridized carbons (Fsp3) is 0.348. The number of carbonyl (C=O) groups is 1. The van der Waals surface area contributed by atoms with Crippen LogP contribution >= 0.6 is 0 Å². The van der Waals surface area contributed by atoms with Crippen molar-refractivity contribution in [3.8, 4) is 5.75 Å². The summed E-state index contributed by atoms with van der Waals surface area (Å²) in [4.78, 5) is 18.2. The summed E-state index contributed by atoms with van der Waals surface area (Å²) in [5.41, 5.74) is 6.23. The van der Waals surface area contributed by atoms with E-state index in [1.165, 1.54) is 27.7 Å². The second-order valence-corrected chi connectivity index (χ2v) is 7.26. The van der Waals surface area contributed by atoms with Crippen molar-refractivity contribution < 1.29 is 9.53 Å². The van der Waals surface area contributed by atoms with Gasteiger partial charge in [-0.3, -0.25) is 4.79 Å². The summed E-state index contributed by atoms with van der Waals surface area (Å²) in [7, 11) is 0. The lowest BCUT2D eigenvalue weighted by molar-refractivity contribution is -0.133. The van der Waals surface area contributed by atoms with Gasteiger partial charge < -0.3 is 14.6 Å². The van der Waals surface area contributed by atoms with Crippen LogP contribution in [0.4, 0.5) is 0 Å². The molecule has 0 atom stereocenters. The lowest BCUT2D eigenvalue weighted by atomic mass is 10.1. The average Bonchev–Trinajstić information content (AvgIpc) is 2.89. The van der Waals surface area contributed by atoms with Crippen LogP contribution < -0.4 is 4.74 Å². The first kappa shape index (κ1) is 17.7. The van der Waals surface area contributed by atoms with E-state index in [0.717, 1.165) is 43.7 Å². The third kappa shape index (κ3) is 3.57. The van der Waals surface area contributed by atoms with Gasteiger partial charge in [0.05, 0.1) is 0 Å². The molecule has 4 heteroatoms. The number of aromatic amines is 1. The summed E-state index contributed by atoms with van der Waals surface area (Å²) in [6.07, 6.45) is 2.64. The molecule has 1 N–H and O–H groups in total. The van der Waals surface area contributed by atoms with Crippen molar-refractivity contribution in [1.29, 1.82) is 0 Å². The first-order valence-corrected chi connectivity index (χ1v) is 9.74. The van der Waals surface area contributed by atoms with Crippen molar-refractivity contribution >= 4 is 16.8 Å². The predicted molar refractivity (Wildman–Crippen MR) is 108 cm³/mol. The van der Waals surface area contributed by atoms with Gasteiger partial charge in [0.25, 0.3) is 5.91 Å². The fourth-order valence-electron chi connectivity index (χ4n) is 3.94. The molecule has 1 aliphatic heterocycles. The number of hydrogen-bond acceptors (Lipinski definition) is 2. The van der Waals surface area contributed by atoms with Gasteiger partial charge in [0, 0.05) is 36.1 Å². The van der Waals surface area contributed by atoms with E-state index in [1.54, 1.807) is 0 Å². The standard InChI is InChI=1S/C23H26N2O2/c1-3-17-6-4-5-7-22(17)27-15-23(26)25-12-10-18-19-14-16(2)8-9-20(19)24-21(18)11-13-25/h4-9,14,24H,3,10-13,15H2,1-2H3. The number of aromatic nitrogens is 1. The van der Waals surface area contributed by atoms with Crippen LogP contribution in [0.1, 0.15) is 29.3 Å². The Hall–Kier alpha value is -2.75. The number of benzene rings is 2. The molecule has 0 saturated carbocycles. The van der Waals surface area contributed by atoms with Gasteiger partial charge in [0.2, 0.25) is 0 Å². The minimum Gasteiger partial charge on any atom is -0.483 e. The topological polar surface area (TPSA) is 45.3 Å². The maximum Gasteiger partial charge on any atom is 0.260 e. The summed E-state index contributed by atoms with van der Waals surface area (Å²) >= 11 is 0. The Morgan fingerprint density at radius 2 is 1.96 bits per heavy atom. The van der Waals surface area contributed by atoms with Crippen molar-refractivity contribution in [2.75, 3.05) is 19.7 Å². The van der Waals surface area contributed by atoms with Crippen molar-refractivity contribution in [3.05, 3.63) is 64.8 Å². The van der Waals surface area contributed by atoms with Gasteiger partial charge in [-0.2, -0.15) is 0 Å². The molecular formula is C23H26N2O2. The van der Waals surface area contributed by atoms with E-state index in [4.69, 9.17) is 4.74 Å². The Morgan fingerprint density at radius 1 is 1.15 bits per heavy atom. The van der Waals surface area contributed by atoms with Crippen LogP contribution in [-0.2, 0) is 24.1 Å². The largest absolute Gasteiger partial charge is 0.483 e. The molecule has 3 aromatic rings. The molecule has 0 bridgehead atoms. The van der Waals surface area contributed by atoms with Gasteiger partial charge >= 0.3 is 0 Å². The van der Waals surface area contributed by atoms with Crippen LogP contribution in [-0.4, -0.2) is 35.5 Å². The minimum atomic E-state index is 0.0616. The van der Waals surface area contributed by atoms with E-state index < -0.39 is 0 Å². The average molecular weight is 362 g/mol. The molecule has 0 aliphatic carbocycles. The molecule has 0 radical (unpaired) electrons. The number of fused-ring (bicyclic) bond motifs is 3. The number of rotatable bonds is 4. The number of para-hydroxylation sites is 1. The Morgan fingerprint density at radius 3 is 2.81 bits per heavy atom. The fourth-order valence-corrected chi connectivity index (χ4v) is 3.94. The Kier molecular flexibility index (Phi) is 4.88. The lowest BCUT2D eigenvalue weighted by Gasteiger charge is -2.21. The van der Waals surface area contributed by atoms with Crippen molar-refractivity contribution in [2.45, 2.75) is 33.1 Å². The number of aryl methyl sites for hydroxylation is 2. The number of amides is 1. The molecule has 140 valence electrons. The first-order valence-electron chi connectivity index (χ1n) is 9.74. The van der Waals surface area contributed by atoms with Crippen molar-refractivity contribution in [2.24, 2.45) is 0 Å². The van der Waals surface area contributed by atoms with E-state index in [9.17, 15) is 4.79 Å². The minimum absolute atomic E-state index is 0.0616. The van der Waals surface area contributed by atoms with Crippen LogP contribution in [0.5, 0.6) is 5.75 Å². The zero-order chi connectivity index (χ0) is 18.8. The van der Waals surface area contributed by atoms with Gasteiger partial charge in [-0.15, -0.1) is 0 Å². The number of nitrogens with zero attached hydrogens (tertiary/aromatic N) is 1. The third-order valence-electron chi connectivity index (χ3n) is 5.47. The number of H-pyrrole nitrogens is 1. The second-order valence-electron chi connectivity index (χ2n) is 7.26. The maximum absolute atomic E-state index is 12.7. The smallest absolute Gasteiger partial charge is 0.260 e. The highest BCUT2D eigenvalue weighted by Crippen LogP contribution is 2.27. The summed E-state index contributed by atoms with van der Waals surface area (Å²) in [5, 5.41) is 1.30. The van der Waals surface area contributed by atoms with Gasteiger partial charge in [0.1, 0.15) is 5.75 Å². The molecule has 4 nitrogen and oxygen atoms in total. The van der Waals surface area contributed by atoms with Gasteiger partial charge in [-0.05, 0) is 49.1 Å². The van der Waals surface area contributed by atoms with E-state index in [-0.39, 0.29) is 12.5 Å². The molecule has 0 spiro atoms. The quantitative estimate of drug-likeness (QED) is 0.761. The second kappa shape index (κ2) is 7.47. The molecule has 1 amide bonds. The Bertz CT molecular complexity index is 974. The highest BCUT2D eigenvalue weighted by Gasteiger charge is 2.22. The number of nitrogens with one attached hydrogen (secondary N) is 1. The van der Waals surface area contributed by atoms with Crippen LogP contribution in [0.2, 0.25) is 0 Å². The molecule has 1 aromatic heterocycles. The third-order valence-corrected chi connectivity index (χ3v) is 5.47. The summed E-state index contributed by atoms with van der Waals surface area (Å²) in [6, 6.07) is 14.5. The van der Waals surface area contributed by atoms with Crippen molar-refractivity contribution in [1.82, 2.24) is 9.88 Å².